The summed E-state index contributed by atoms with van der Waals surface area (Å²) in [7, 11) is 3.29. The molecule has 50 heavy (non-hydrogen) atoms. The van der Waals surface area contributed by atoms with Crippen molar-refractivity contribution in [3.63, 3.8) is 0 Å². The van der Waals surface area contributed by atoms with Crippen molar-refractivity contribution in [1.29, 1.82) is 0 Å². The molecule has 3 aromatic rings. The standard InChI is InChI=1S/C32H44N4O5.C7H6F2/c1-23(37)35-32(21-24-12-13-24)16-19-36(31(32)39)28(15-14-26-9-4-5-11-29(26)41-3)30(38)34-18-7-17-33-22-25-8-6-10-27(20-25)40-2;1-5-2-6(8)4-7(9)3-5/h4-6,8-11,20,24,28,33H,7,12-19,21-22H2,1-3H3,(H,34,38)(H,35,37);2-4H,1H3/t28?,32-;/m0./s1. The summed E-state index contributed by atoms with van der Waals surface area (Å²) in [5.41, 5.74) is 1.81. The van der Waals surface area contributed by atoms with Gasteiger partial charge in [0.1, 0.15) is 34.7 Å². The molecule has 3 aromatic carbocycles. The minimum atomic E-state index is -0.917. The molecule has 1 heterocycles. The quantitative estimate of drug-likeness (QED) is 0.172. The number of benzene rings is 3. The van der Waals surface area contributed by atoms with Crippen molar-refractivity contribution in [2.24, 2.45) is 5.92 Å². The van der Waals surface area contributed by atoms with Crippen molar-refractivity contribution in [2.45, 2.75) is 76.9 Å². The van der Waals surface area contributed by atoms with Crippen molar-refractivity contribution in [1.82, 2.24) is 20.9 Å². The van der Waals surface area contributed by atoms with Gasteiger partial charge < -0.3 is 30.3 Å². The van der Waals surface area contributed by atoms with Gasteiger partial charge in [-0.2, -0.15) is 0 Å². The van der Waals surface area contributed by atoms with E-state index in [0.29, 0.717) is 56.8 Å². The Bertz CT molecular complexity index is 1550. The molecule has 0 radical (unpaired) electrons. The van der Waals surface area contributed by atoms with Crippen molar-refractivity contribution < 1.29 is 32.6 Å². The monoisotopic (exact) mass is 692 g/mol. The van der Waals surface area contributed by atoms with Crippen LogP contribution in [0, 0.1) is 24.5 Å². The Morgan fingerprint density at radius 2 is 1.72 bits per heavy atom. The van der Waals surface area contributed by atoms with Crippen LogP contribution in [0.15, 0.2) is 66.7 Å². The summed E-state index contributed by atoms with van der Waals surface area (Å²) in [6.07, 6.45) is 5.13. The molecule has 11 heteroatoms. The molecule has 2 atom stereocenters. The van der Waals surface area contributed by atoms with E-state index in [0.717, 1.165) is 54.5 Å². The highest BCUT2D eigenvalue weighted by molar-refractivity contribution is 5.96. The summed E-state index contributed by atoms with van der Waals surface area (Å²) < 4.78 is 35.2. The van der Waals surface area contributed by atoms with Gasteiger partial charge in [0, 0.05) is 32.6 Å². The Morgan fingerprint density at radius 1 is 0.980 bits per heavy atom. The van der Waals surface area contributed by atoms with Crippen LogP contribution < -0.4 is 25.4 Å². The molecule has 0 spiro atoms. The summed E-state index contributed by atoms with van der Waals surface area (Å²) >= 11 is 0. The van der Waals surface area contributed by atoms with Crippen LogP contribution in [0.3, 0.4) is 0 Å². The Balaban J connectivity index is 0.000000541. The topological polar surface area (TPSA) is 109 Å². The number of likely N-dealkylation sites (tertiary alicyclic amines) is 1. The fourth-order valence-electron chi connectivity index (χ4n) is 6.48. The van der Waals surface area contributed by atoms with Crippen LogP contribution in [-0.2, 0) is 27.3 Å². The smallest absolute Gasteiger partial charge is 0.249 e. The van der Waals surface area contributed by atoms with E-state index in [1.165, 1.54) is 19.1 Å². The summed E-state index contributed by atoms with van der Waals surface area (Å²) in [6, 6.07) is 18.5. The highest BCUT2D eigenvalue weighted by Crippen LogP contribution is 2.41. The highest BCUT2D eigenvalue weighted by Gasteiger charge is 2.52. The van der Waals surface area contributed by atoms with Gasteiger partial charge in [-0.3, -0.25) is 14.4 Å². The number of carbonyl (C=O) groups is 3. The average Bonchev–Trinajstić information content (AvgIpc) is 3.85. The molecule has 1 saturated heterocycles. The van der Waals surface area contributed by atoms with E-state index in [2.05, 4.69) is 16.0 Å². The first-order chi connectivity index (χ1) is 24.0. The number of halogens is 2. The summed E-state index contributed by atoms with van der Waals surface area (Å²) in [4.78, 5) is 41.3. The molecule has 1 saturated carbocycles. The number of rotatable bonds is 16. The molecule has 1 aliphatic carbocycles. The van der Waals surface area contributed by atoms with E-state index in [1.54, 1.807) is 26.0 Å². The van der Waals surface area contributed by atoms with Crippen molar-refractivity contribution >= 4 is 17.7 Å². The van der Waals surface area contributed by atoms with E-state index < -0.39 is 23.2 Å². The molecule has 2 aliphatic rings. The minimum Gasteiger partial charge on any atom is -0.497 e. The maximum Gasteiger partial charge on any atom is 0.249 e. The van der Waals surface area contributed by atoms with Gasteiger partial charge in [-0.15, -0.1) is 0 Å². The van der Waals surface area contributed by atoms with Crippen LogP contribution in [-0.4, -0.2) is 68.1 Å². The number of para-hydroxylation sites is 1. The van der Waals surface area contributed by atoms with E-state index in [9.17, 15) is 23.2 Å². The second kappa shape index (κ2) is 18.5. The summed E-state index contributed by atoms with van der Waals surface area (Å²) in [6.45, 7) is 5.49. The number of nitrogens with one attached hydrogen (secondary N) is 3. The summed E-state index contributed by atoms with van der Waals surface area (Å²) in [5.74, 6) is 0.494. The zero-order chi connectivity index (χ0) is 36.1. The van der Waals surface area contributed by atoms with Gasteiger partial charge in [0.15, 0.2) is 0 Å². The van der Waals surface area contributed by atoms with Gasteiger partial charge in [-0.25, -0.2) is 8.78 Å². The van der Waals surface area contributed by atoms with Crippen molar-refractivity contribution in [3.05, 3.63) is 95.1 Å². The molecule has 0 bridgehead atoms. The van der Waals surface area contributed by atoms with Crippen LogP contribution >= 0.6 is 0 Å². The lowest BCUT2D eigenvalue weighted by molar-refractivity contribution is -0.142. The third-order valence-electron chi connectivity index (χ3n) is 9.06. The number of aryl methyl sites for hydroxylation is 2. The molecule has 2 fully saturated rings. The van der Waals surface area contributed by atoms with Crippen LogP contribution in [0.4, 0.5) is 8.78 Å². The number of nitrogens with zero attached hydrogens (tertiary/aromatic N) is 1. The molecular weight excluding hydrogens is 642 g/mol. The molecule has 1 unspecified atom stereocenters. The van der Waals surface area contributed by atoms with Crippen LogP contribution in [0.1, 0.15) is 62.1 Å². The molecule has 9 nitrogen and oxygen atoms in total. The molecule has 270 valence electrons. The fraction of sp³-hybridized carbons (Fsp3) is 0.462. The predicted molar refractivity (Wildman–Crippen MR) is 189 cm³/mol. The van der Waals surface area contributed by atoms with Gasteiger partial charge in [0.05, 0.1) is 14.2 Å². The number of ether oxygens (including phenoxy) is 2. The number of amides is 3. The van der Waals surface area contributed by atoms with Crippen molar-refractivity contribution in [3.8, 4) is 11.5 Å². The predicted octanol–water partition coefficient (Wildman–Crippen LogP) is 5.48. The third-order valence-corrected chi connectivity index (χ3v) is 9.06. The van der Waals surface area contributed by atoms with Crippen LogP contribution in [0.5, 0.6) is 11.5 Å². The fourth-order valence-corrected chi connectivity index (χ4v) is 6.48. The molecule has 5 rings (SSSR count). The SMILES string of the molecule is COc1cccc(CNCCCNC(=O)C(CCc2ccccc2OC)N2CC[C@@](CC3CC3)(NC(C)=O)C2=O)c1.Cc1cc(F)cc(F)c1. The lowest BCUT2D eigenvalue weighted by Gasteiger charge is -2.32. The average molecular weight is 693 g/mol. The zero-order valence-electron chi connectivity index (χ0n) is 29.5. The maximum absolute atomic E-state index is 13.9. The van der Waals surface area contributed by atoms with Gasteiger partial charge in [-0.1, -0.05) is 43.2 Å². The normalized spacial score (nSPS) is 17.4. The minimum absolute atomic E-state index is 0.139. The zero-order valence-corrected chi connectivity index (χ0v) is 29.5. The first kappa shape index (κ1) is 38.3. The van der Waals surface area contributed by atoms with Gasteiger partial charge in [0.25, 0.3) is 0 Å². The van der Waals surface area contributed by atoms with Crippen molar-refractivity contribution in [2.75, 3.05) is 33.9 Å². The van der Waals surface area contributed by atoms with E-state index in [4.69, 9.17) is 9.47 Å². The van der Waals surface area contributed by atoms with E-state index in [1.807, 2.05) is 48.5 Å². The van der Waals surface area contributed by atoms with Gasteiger partial charge in [-0.05, 0) is 98.5 Å². The lowest BCUT2D eigenvalue weighted by atomic mass is 9.90. The number of hydrogen-bond acceptors (Lipinski definition) is 6. The molecule has 3 amide bonds. The first-order valence-electron chi connectivity index (χ1n) is 17.3. The molecule has 3 N–H and O–H groups in total. The third kappa shape index (κ3) is 11.3. The first-order valence-corrected chi connectivity index (χ1v) is 17.3. The molecular formula is C39H50F2N4O5. The Labute approximate surface area is 294 Å². The van der Waals surface area contributed by atoms with Crippen LogP contribution in [0.25, 0.3) is 0 Å². The molecule has 0 aromatic heterocycles. The van der Waals surface area contributed by atoms with Crippen LogP contribution in [0.2, 0.25) is 0 Å². The lowest BCUT2D eigenvalue weighted by Crippen LogP contribution is -2.57. The van der Waals surface area contributed by atoms with Gasteiger partial charge in [0.2, 0.25) is 17.7 Å². The second-order valence-corrected chi connectivity index (χ2v) is 13.1. The Morgan fingerprint density at radius 3 is 2.38 bits per heavy atom. The van der Waals surface area contributed by atoms with Gasteiger partial charge >= 0.3 is 0 Å². The largest absolute Gasteiger partial charge is 0.497 e. The summed E-state index contributed by atoms with van der Waals surface area (Å²) in [5, 5.41) is 9.46. The molecule has 1 aliphatic heterocycles. The second-order valence-electron chi connectivity index (χ2n) is 13.1. The highest BCUT2D eigenvalue weighted by atomic mass is 19.1. The number of carbonyl (C=O) groups excluding carboxylic acids is 3. The van der Waals surface area contributed by atoms with E-state index >= 15 is 0 Å². The van der Waals surface area contributed by atoms with E-state index in [-0.39, 0.29) is 17.7 Å². The Kier molecular flexibility index (Phi) is 14.1. The maximum atomic E-state index is 13.9. The number of hydrogen-bond donors (Lipinski definition) is 3. The Hall–Kier alpha value is -4.51. The number of methoxy groups -OCH3 is 2.